The number of amides is 1. The molecule has 0 radical (unpaired) electrons. The second kappa shape index (κ2) is 5.78. The fourth-order valence-electron chi connectivity index (χ4n) is 1.69. The number of anilines is 1. The first-order valence-electron chi connectivity index (χ1n) is 5.96. The molecule has 2 rings (SSSR count). The molecule has 0 saturated heterocycles. The Morgan fingerprint density at radius 1 is 0.905 bits per heavy atom. The molecule has 1 amide bonds. The lowest BCUT2D eigenvalue weighted by Gasteiger charge is -2.07. The van der Waals surface area contributed by atoms with Crippen molar-refractivity contribution in [1.29, 1.82) is 0 Å². The first-order valence-corrected chi connectivity index (χ1v) is 5.96. The molecule has 2 aromatic carbocycles. The predicted molar refractivity (Wildman–Crippen MR) is 70.7 cm³/mol. The highest BCUT2D eigenvalue weighted by atomic mass is 19.2. The zero-order valence-corrected chi connectivity index (χ0v) is 10.9. The minimum Gasteiger partial charge on any atom is -0.322 e. The molecule has 0 aliphatic carbocycles. The van der Waals surface area contributed by atoms with Crippen LogP contribution in [0.15, 0.2) is 36.4 Å². The smallest absolute Gasteiger partial charge is 0.258 e. The summed E-state index contributed by atoms with van der Waals surface area (Å²) in [6, 6.07) is 7.40. The van der Waals surface area contributed by atoms with Crippen LogP contribution in [-0.4, -0.2) is 11.7 Å². The van der Waals surface area contributed by atoms with Crippen LogP contribution in [-0.2, 0) is 0 Å². The molecular weight excluding hydrogens is 283 g/mol. The van der Waals surface area contributed by atoms with Gasteiger partial charge in [0.05, 0.1) is 5.56 Å². The molecule has 0 atom stereocenters. The number of Topliss-reactive ketones (excluding diaryl/α,β-unsaturated/α-hetero) is 1. The van der Waals surface area contributed by atoms with Crippen LogP contribution in [0, 0.1) is 17.5 Å². The minimum absolute atomic E-state index is 0.139. The summed E-state index contributed by atoms with van der Waals surface area (Å²) in [6.07, 6.45) is 0. The summed E-state index contributed by atoms with van der Waals surface area (Å²) in [7, 11) is 0. The summed E-state index contributed by atoms with van der Waals surface area (Å²) in [6.45, 7) is 1.39. The van der Waals surface area contributed by atoms with Crippen molar-refractivity contribution >= 4 is 17.4 Å². The van der Waals surface area contributed by atoms with Crippen molar-refractivity contribution in [3.8, 4) is 0 Å². The van der Waals surface area contributed by atoms with Gasteiger partial charge in [0.25, 0.3) is 5.91 Å². The molecular formula is C15H10F3NO2. The van der Waals surface area contributed by atoms with Gasteiger partial charge in [0.2, 0.25) is 0 Å². The molecule has 21 heavy (non-hydrogen) atoms. The van der Waals surface area contributed by atoms with E-state index in [0.29, 0.717) is 17.3 Å². The van der Waals surface area contributed by atoms with E-state index < -0.39 is 28.9 Å². The van der Waals surface area contributed by atoms with Gasteiger partial charge in [-0.05, 0) is 43.3 Å². The van der Waals surface area contributed by atoms with E-state index in [1.807, 2.05) is 0 Å². The molecule has 0 aliphatic heterocycles. The van der Waals surface area contributed by atoms with Crippen molar-refractivity contribution < 1.29 is 22.8 Å². The van der Waals surface area contributed by atoms with E-state index in [1.165, 1.54) is 31.2 Å². The van der Waals surface area contributed by atoms with Crippen LogP contribution in [0.25, 0.3) is 0 Å². The zero-order chi connectivity index (χ0) is 15.6. The third kappa shape index (κ3) is 3.10. The summed E-state index contributed by atoms with van der Waals surface area (Å²) in [4.78, 5) is 22.9. The molecule has 0 spiro atoms. The highest BCUT2D eigenvalue weighted by Crippen LogP contribution is 2.17. The Morgan fingerprint density at radius 2 is 1.52 bits per heavy atom. The molecule has 3 nitrogen and oxygen atoms in total. The normalized spacial score (nSPS) is 10.3. The van der Waals surface area contributed by atoms with E-state index in [9.17, 15) is 22.8 Å². The average molecular weight is 293 g/mol. The zero-order valence-electron chi connectivity index (χ0n) is 10.9. The van der Waals surface area contributed by atoms with E-state index in [-0.39, 0.29) is 5.78 Å². The Hall–Kier alpha value is -2.63. The SMILES string of the molecule is CC(=O)c1ccc(NC(=O)c2ccc(F)c(F)c2F)cc1. The molecule has 0 fully saturated rings. The van der Waals surface area contributed by atoms with Crippen molar-refractivity contribution in [2.45, 2.75) is 6.92 Å². The quantitative estimate of drug-likeness (QED) is 0.694. The van der Waals surface area contributed by atoms with Crippen LogP contribution >= 0.6 is 0 Å². The van der Waals surface area contributed by atoms with Gasteiger partial charge in [-0.2, -0.15) is 0 Å². The van der Waals surface area contributed by atoms with E-state index in [4.69, 9.17) is 0 Å². The number of rotatable bonds is 3. The van der Waals surface area contributed by atoms with Gasteiger partial charge in [0.15, 0.2) is 23.2 Å². The van der Waals surface area contributed by atoms with Crippen molar-refractivity contribution in [3.63, 3.8) is 0 Å². The first kappa shape index (κ1) is 14.8. The summed E-state index contributed by atoms with van der Waals surface area (Å²) in [5.41, 5.74) is 0.144. The highest BCUT2D eigenvalue weighted by Gasteiger charge is 2.18. The Kier molecular flexibility index (Phi) is 4.07. The molecule has 0 aromatic heterocycles. The summed E-state index contributed by atoms with van der Waals surface area (Å²) < 4.78 is 39.3. The van der Waals surface area contributed by atoms with Gasteiger partial charge in [-0.3, -0.25) is 9.59 Å². The molecule has 0 unspecified atom stereocenters. The molecule has 0 aliphatic rings. The molecule has 0 saturated carbocycles. The van der Waals surface area contributed by atoms with Gasteiger partial charge in [0.1, 0.15) is 0 Å². The average Bonchev–Trinajstić information content (AvgIpc) is 2.45. The van der Waals surface area contributed by atoms with Crippen molar-refractivity contribution in [1.82, 2.24) is 0 Å². The predicted octanol–water partition coefficient (Wildman–Crippen LogP) is 3.56. The minimum atomic E-state index is -1.70. The molecule has 6 heteroatoms. The topological polar surface area (TPSA) is 46.2 Å². The fourth-order valence-corrected chi connectivity index (χ4v) is 1.69. The van der Waals surface area contributed by atoms with Crippen molar-refractivity contribution in [2.24, 2.45) is 0 Å². The van der Waals surface area contributed by atoms with E-state index in [1.54, 1.807) is 0 Å². The number of nitrogens with one attached hydrogen (secondary N) is 1. The number of halogens is 3. The number of hydrogen-bond donors (Lipinski definition) is 1. The fraction of sp³-hybridized carbons (Fsp3) is 0.0667. The second-order valence-electron chi connectivity index (χ2n) is 4.31. The van der Waals surface area contributed by atoms with Gasteiger partial charge in [-0.25, -0.2) is 13.2 Å². The van der Waals surface area contributed by atoms with E-state index in [0.717, 1.165) is 6.07 Å². The molecule has 2 aromatic rings. The first-order chi connectivity index (χ1) is 9.90. The lowest BCUT2D eigenvalue weighted by Crippen LogP contribution is -2.15. The van der Waals surface area contributed by atoms with Crippen LogP contribution in [0.5, 0.6) is 0 Å². The van der Waals surface area contributed by atoms with Crippen LogP contribution in [0.4, 0.5) is 18.9 Å². The number of carbonyl (C=O) groups is 2. The molecule has 0 bridgehead atoms. The van der Waals surface area contributed by atoms with Crippen LogP contribution < -0.4 is 5.32 Å². The molecule has 108 valence electrons. The van der Waals surface area contributed by atoms with Gasteiger partial charge in [-0.1, -0.05) is 0 Å². The van der Waals surface area contributed by atoms with Crippen molar-refractivity contribution in [3.05, 3.63) is 65.0 Å². The molecule has 0 heterocycles. The van der Waals surface area contributed by atoms with Gasteiger partial charge in [0, 0.05) is 11.3 Å². The Morgan fingerprint density at radius 3 is 2.10 bits per heavy atom. The van der Waals surface area contributed by atoms with E-state index in [2.05, 4.69) is 5.32 Å². The Labute approximate surface area is 118 Å². The summed E-state index contributed by atoms with van der Waals surface area (Å²) >= 11 is 0. The van der Waals surface area contributed by atoms with E-state index >= 15 is 0 Å². The Bertz CT molecular complexity index is 712. The third-order valence-corrected chi connectivity index (χ3v) is 2.83. The lowest BCUT2D eigenvalue weighted by atomic mass is 10.1. The maximum Gasteiger partial charge on any atom is 0.258 e. The second-order valence-corrected chi connectivity index (χ2v) is 4.31. The summed E-state index contributed by atoms with van der Waals surface area (Å²) in [5, 5.41) is 2.33. The maximum absolute atomic E-state index is 13.5. The van der Waals surface area contributed by atoms with Crippen LogP contribution in [0.1, 0.15) is 27.6 Å². The summed E-state index contributed by atoms with van der Waals surface area (Å²) in [5.74, 6) is -5.67. The van der Waals surface area contributed by atoms with Gasteiger partial charge in [-0.15, -0.1) is 0 Å². The Balaban J connectivity index is 2.22. The van der Waals surface area contributed by atoms with Gasteiger partial charge < -0.3 is 5.32 Å². The highest BCUT2D eigenvalue weighted by molar-refractivity contribution is 6.04. The number of benzene rings is 2. The third-order valence-electron chi connectivity index (χ3n) is 2.83. The van der Waals surface area contributed by atoms with Crippen LogP contribution in [0.2, 0.25) is 0 Å². The van der Waals surface area contributed by atoms with Crippen LogP contribution in [0.3, 0.4) is 0 Å². The van der Waals surface area contributed by atoms with Gasteiger partial charge >= 0.3 is 0 Å². The largest absolute Gasteiger partial charge is 0.322 e. The number of ketones is 1. The number of carbonyl (C=O) groups excluding carboxylic acids is 2. The molecule has 1 N–H and O–H groups in total. The monoisotopic (exact) mass is 293 g/mol. The maximum atomic E-state index is 13.5. The standard InChI is InChI=1S/C15H10F3NO2/c1-8(20)9-2-4-10(5-3-9)19-15(21)11-6-7-12(16)14(18)13(11)17/h2-7H,1H3,(H,19,21). The van der Waals surface area contributed by atoms with Crippen molar-refractivity contribution in [2.75, 3.05) is 5.32 Å². The number of hydrogen-bond acceptors (Lipinski definition) is 2. The lowest BCUT2D eigenvalue weighted by molar-refractivity contribution is 0.101.